The molecule has 1 spiro atoms. The zero-order valence-corrected chi connectivity index (χ0v) is 19.6. The number of hydrogen-bond donors (Lipinski definition) is 1. The average Bonchev–Trinajstić information content (AvgIpc) is 3.23. The van der Waals surface area contributed by atoms with E-state index in [2.05, 4.69) is 15.2 Å². The Bertz CT molecular complexity index is 1220. The predicted octanol–water partition coefficient (Wildman–Crippen LogP) is 4.55. The van der Waals surface area contributed by atoms with Gasteiger partial charge >= 0.3 is 6.18 Å². The summed E-state index contributed by atoms with van der Waals surface area (Å²) < 4.78 is 67.9. The molecule has 3 heterocycles. The number of hydrogen-bond acceptors (Lipinski definition) is 5. The van der Waals surface area contributed by atoms with E-state index in [0.29, 0.717) is 19.6 Å². The minimum Gasteiger partial charge on any atom is -0.593 e. The zero-order chi connectivity index (χ0) is 24.7. The summed E-state index contributed by atoms with van der Waals surface area (Å²) in [4.78, 5) is 5.98. The first-order valence-electron chi connectivity index (χ1n) is 11.3. The van der Waals surface area contributed by atoms with Gasteiger partial charge in [0.25, 0.3) is 0 Å². The summed E-state index contributed by atoms with van der Waals surface area (Å²) in [5.41, 5.74) is 0.623. The van der Waals surface area contributed by atoms with Crippen LogP contribution in [0.1, 0.15) is 5.56 Å². The highest BCUT2D eigenvalue weighted by atomic mass is 32.3. The number of sulfonamides is 1. The fraction of sp³-hybridized carbons (Fsp3) is 0.320. The number of nitrogens with one attached hydrogen (secondary N) is 1. The number of para-hydroxylation sites is 1. The second kappa shape index (κ2) is 8.92. The van der Waals surface area contributed by atoms with Crippen LogP contribution in [0.3, 0.4) is 0 Å². The second-order valence-corrected chi connectivity index (χ2v) is 11.1. The molecule has 0 radical (unpaired) electrons. The molecule has 2 fully saturated rings. The van der Waals surface area contributed by atoms with E-state index in [1.165, 1.54) is 10.4 Å². The molecule has 0 aliphatic carbocycles. The van der Waals surface area contributed by atoms with Crippen molar-refractivity contribution in [3.63, 3.8) is 0 Å². The Labute approximate surface area is 203 Å². The first-order valence-corrected chi connectivity index (χ1v) is 12.7. The van der Waals surface area contributed by atoms with E-state index < -0.39 is 22.1 Å². The van der Waals surface area contributed by atoms with Crippen LogP contribution in [0, 0.1) is 11.3 Å². The Morgan fingerprint density at radius 2 is 1.83 bits per heavy atom. The third kappa shape index (κ3) is 4.65. The lowest BCUT2D eigenvalue weighted by molar-refractivity contribution is -0.137. The van der Waals surface area contributed by atoms with Crippen LogP contribution in [0.5, 0.6) is 0 Å². The summed E-state index contributed by atoms with van der Waals surface area (Å²) in [5, 5.41) is 3.35. The number of aromatic nitrogens is 1. The predicted molar refractivity (Wildman–Crippen MR) is 127 cm³/mol. The van der Waals surface area contributed by atoms with Crippen molar-refractivity contribution < 1.29 is 21.9 Å². The van der Waals surface area contributed by atoms with Gasteiger partial charge in [0.2, 0.25) is 0 Å². The summed E-state index contributed by atoms with van der Waals surface area (Å²) in [6.07, 6.45) is -1.23. The minimum atomic E-state index is -4.61. The Hall–Kier alpha value is -2.95. The summed E-state index contributed by atoms with van der Waals surface area (Å²) in [5.74, 6) is -0.0248. The van der Waals surface area contributed by atoms with E-state index in [1.54, 1.807) is 12.4 Å². The summed E-state index contributed by atoms with van der Waals surface area (Å²) in [6, 6.07) is 17.6. The van der Waals surface area contributed by atoms with Crippen LogP contribution >= 0.6 is 0 Å². The Balaban J connectivity index is 1.39. The van der Waals surface area contributed by atoms with Crippen LogP contribution in [-0.2, 0) is 20.8 Å². The van der Waals surface area contributed by atoms with E-state index in [0.717, 1.165) is 29.6 Å². The highest BCUT2D eigenvalue weighted by molar-refractivity contribution is 7.95. The molecule has 35 heavy (non-hydrogen) atoms. The number of rotatable bonds is 6. The van der Waals surface area contributed by atoms with Gasteiger partial charge in [-0.25, -0.2) is 0 Å². The number of halogens is 3. The fourth-order valence-electron chi connectivity index (χ4n) is 5.03. The van der Waals surface area contributed by atoms with Gasteiger partial charge in [0.05, 0.1) is 17.8 Å². The third-order valence-electron chi connectivity index (χ3n) is 6.93. The van der Waals surface area contributed by atoms with Crippen LogP contribution in [0.15, 0.2) is 84.0 Å². The van der Waals surface area contributed by atoms with Crippen LogP contribution in [-0.4, -0.2) is 46.6 Å². The van der Waals surface area contributed by atoms with Gasteiger partial charge in [0.1, 0.15) is 0 Å². The Kier molecular flexibility index (Phi) is 6.06. The second-order valence-electron chi connectivity index (χ2n) is 9.20. The van der Waals surface area contributed by atoms with Gasteiger partial charge in [-0.2, -0.15) is 13.2 Å². The Morgan fingerprint density at radius 3 is 2.51 bits per heavy atom. The number of anilines is 2. The lowest BCUT2D eigenvalue weighted by Gasteiger charge is -2.52. The SMILES string of the molecule is O=[S+]([O-])(c1cccc(C(F)(F)F)c1)N1CC(CNc2cccnc2)C2(CN(c3ccccc3)C2)C1. The molecule has 1 N–H and O–H groups in total. The summed E-state index contributed by atoms with van der Waals surface area (Å²) >= 11 is 0. The van der Waals surface area contributed by atoms with Crippen molar-refractivity contribution in [2.45, 2.75) is 11.1 Å². The maximum absolute atomic E-state index is 13.4. The number of pyridine rings is 1. The first kappa shape index (κ1) is 23.8. The molecule has 5 rings (SSSR count). The summed E-state index contributed by atoms with van der Waals surface area (Å²) in [6.45, 7) is 2.36. The molecular formula is C25H25F3N4O2S. The van der Waals surface area contributed by atoms with E-state index >= 15 is 0 Å². The van der Waals surface area contributed by atoms with Gasteiger partial charge in [0.15, 0.2) is 15.3 Å². The normalized spacial score (nSPS) is 21.5. The fourth-order valence-corrected chi connectivity index (χ4v) is 6.66. The number of benzene rings is 2. The van der Waals surface area contributed by atoms with E-state index in [1.807, 2.05) is 42.5 Å². The zero-order valence-electron chi connectivity index (χ0n) is 18.8. The molecule has 184 valence electrons. The molecule has 1 aromatic heterocycles. The third-order valence-corrected chi connectivity index (χ3v) is 8.74. The molecule has 0 amide bonds. The molecule has 3 aromatic rings. The van der Waals surface area contributed by atoms with Crippen molar-refractivity contribution in [2.75, 3.05) is 42.9 Å². The van der Waals surface area contributed by atoms with Crippen molar-refractivity contribution >= 4 is 21.8 Å². The lowest BCUT2D eigenvalue weighted by atomic mass is 9.71. The van der Waals surface area contributed by atoms with Crippen molar-refractivity contribution in [2.24, 2.45) is 11.3 Å². The quantitative estimate of drug-likeness (QED) is 0.501. The molecule has 6 nitrogen and oxygen atoms in total. The highest BCUT2D eigenvalue weighted by Crippen LogP contribution is 2.48. The van der Waals surface area contributed by atoms with Gasteiger partial charge in [-0.1, -0.05) is 28.5 Å². The smallest absolute Gasteiger partial charge is 0.416 e. The van der Waals surface area contributed by atoms with Crippen molar-refractivity contribution in [3.05, 3.63) is 84.7 Å². The van der Waals surface area contributed by atoms with Gasteiger partial charge in [-0.3, -0.25) is 4.98 Å². The molecule has 2 atom stereocenters. The monoisotopic (exact) mass is 502 g/mol. The van der Waals surface area contributed by atoms with Crippen molar-refractivity contribution in [3.8, 4) is 0 Å². The molecule has 2 saturated heterocycles. The van der Waals surface area contributed by atoms with Crippen LogP contribution in [0.2, 0.25) is 0 Å². The number of alkyl halides is 3. The van der Waals surface area contributed by atoms with Crippen molar-refractivity contribution in [1.29, 1.82) is 0 Å². The molecular weight excluding hydrogens is 477 g/mol. The van der Waals surface area contributed by atoms with Crippen LogP contribution in [0.25, 0.3) is 0 Å². The van der Waals surface area contributed by atoms with Gasteiger partial charge < -0.3 is 14.8 Å². The van der Waals surface area contributed by atoms with Gasteiger partial charge in [0, 0.05) is 61.7 Å². The molecule has 0 saturated carbocycles. The van der Waals surface area contributed by atoms with Gasteiger partial charge in [-0.05, 0) is 36.4 Å². The summed E-state index contributed by atoms with van der Waals surface area (Å²) in [7, 11) is -4.09. The standard InChI is InChI=1S/C25H25F3N4O2S/c26-25(27,28)19-6-4-10-23(12-19)35(33,34)32-15-20(13-30-21-7-5-11-29-14-21)24(18-32)16-31(17-24)22-8-2-1-3-9-22/h1-12,14,20,30H,13,15-18H2. The molecule has 10 heteroatoms. The maximum atomic E-state index is 13.4. The number of nitrogens with zero attached hydrogens (tertiary/aromatic N) is 3. The van der Waals surface area contributed by atoms with Crippen LogP contribution in [0.4, 0.5) is 24.5 Å². The molecule has 2 aliphatic heterocycles. The highest BCUT2D eigenvalue weighted by Gasteiger charge is 2.58. The van der Waals surface area contributed by atoms with E-state index in [-0.39, 0.29) is 29.3 Å². The first-order chi connectivity index (χ1) is 16.7. The minimum absolute atomic E-state index is 0.0248. The molecule has 0 bridgehead atoms. The van der Waals surface area contributed by atoms with E-state index in [4.69, 9.17) is 0 Å². The van der Waals surface area contributed by atoms with Gasteiger partial charge in [-0.15, -0.1) is 4.31 Å². The largest absolute Gasteiger partial charge is 0.593 e. The molecule has 2 aromatic carbocycles. The lowest BCUT2D eigenvalue weighted by Crippen LogP contribution is -2.61. The topological polar surface area (TPSA) is 71.5 Å². The Morgan fingerprint density at radius 1 is 1.06 bits per heavy atom. The van der Waals surface area contributed by atoms with Crippen LogP contribution < -0.4 is 10.2 Å². The average molecular weight is 503 g/mol. The van der Waals surface area contributed by atoms with E-state index in [9.17, 15) is 21.9 Å². The maximum Gasteiger partial charge on any atom is 0.416 e. The van der Waals surface area contributed by atoms with Crippen molar-refractivity contribution in [1.82, 2.24) is 9.29 Å². The molecule has 2 unspecified atom stereocenters. The molecule has 2 aliphatic rings.